The Kier molecular flexibility index (Phi) is 10.8. The molecule has 188 valence electrons. The second kappa shape index (κ2) is 14.2. The van der Waals surface area contributed by atoms with Crippen molar-refractivity contribution < 1.29 is 23.8 Å². The molecule has 0 saturated heterocycles. The van der Waals surface area contributed by atoms with Gasteiger partial charge >= 0.3 is 0 Å². The lowest BCUT2D eigenvalue weighted by Crippen LogP contribution is -2.12. The second-order valence-electron chi connectivity index (χ2n) is 8.47. The van der Waals surface area contributed by atoms with E-state index < -0.39 is 0 Å². The molecule has 0 radical (unpaired) electrons. The molecule has 0 N–H and O–H groups in total. The van der Waals surface area contributed by atoms with Gasteiger partial charge in [0.05, 0.1) is 19.8 Å². The van der Waals surface area contributed by atoms with Crippen molar-refractivity contribution in [3.05, 3.63) is 108 Å². The highest BCUT2D eigenvalue weighted by Crippen LogP contribution is 2.45. The summed E-state index contributed by atoms with van der Waals surface area (Å²) in [5.74, 6) is -0.183. The number of Topliss-reactive ketones (excluding diaryl/α,β-unsaturated/α-hetero) is 2. The molecule has 2 aromatic carbocycles. The van der Waals surface area contributed by atoms with Crippen molar-refractivity contribution in [3.8, 4) is 11.1 Å². The van der Waals surface area contributed by atoms with Gasteiger partial charge in [0.2, 0.25) is 0 Å². The van der Waals surface area contributed by atoms with Crippen LogP contribution in [0.15, 0.2) is 86.0 Å². The Hall–Kier alpha value is -3.38. The zero-order valence-corrected chi connectivity index (χ0v) is 20.9. The molecule has 0 aromatic heterocycles. The molecule has 0 unspecified atom stereocenters. The van der Waals surface area contributed by atoms with E-state index in [2.05, 4.69) is 13.2 Å². The average Bonchev–Trinajstić information content (AvgIpc) is 3.20. The van der Waals surface area contributed by atoms with Crippen LogP contribution < -0.4 is 0 Å². The molecule has 5 nitrogen and oxygen atoms in total. The first-order valence-corrected chi connectivity index (χ1v) is 12.1. The number of hydrogen-bond acceptors (Lipinski definition) is 5. The van der Waals surface area contributed by atoms with E-state index >= 15 is 0 Å². The van der Waals surface area contributed by atoms with Gasteiger partial charge in [-0.25, -0.2) is 0 Å². The van der Waals surface area contributed by atoms with E-state index in [-0.39, 0.29) is 30.7 Å². The summed E-state index contributed by atoms with van der Waals surface area (Å²) < 4.78 is 16.6. The largest absolute Gasteiger partial charge is 0.384 e. The monoisotopic (exact) mass is 486 g/mol. The Bertz CT molecular complexity index is 1050. The minimum atomic E-state index is -0.0615. The number of ketones is 2. The van der Waals surface area contributed by atoms with Gasteiger partial charge < -0.3 is 14.2 Å². The zero-order chi connectivity index (χ0) is 25.8. The van der Waals surface area contributed by atoms with Gasteiger partial charge in [0, 0.05) is 24.2 Å². The Labute approximate surface area is 213 Å². The Morgan fingerprint density at radius 3 is 1.69 bits per heavy atom. The van der Waals surface area contributed by atoms with Crippen LogP contribution in [0.4, 0.5) is 0 Å². The van der Waals surface area contributed by atoms with Crippen molar-refractivity contribution in [1.82, 2.24) is 0 Å². The highest BCUT2D eigenvalue weighted by molar-refractivity contribution is 6.00. The fraction of sp³-hybridized carbons (Fsp3) is 0.290. The molecule has 0 amide bonds. The smallest absolute Gasteiger partial charge is 0.188 e. The van der Waals surface area contributed by atoms with Crippen molar-refractivity contribution in [2.75, 3.05) is 40.1 Å². The fourth-order valence-electron chi connectivity index (χ4n) is 4.24. The van der Waals surface area contributed by atoms with Crippen LogP contribution in [0, 0.1) is 0 Å². The van der Waals surface area contributed by atoms with Crippen LogP contribution in [0.2, 0.25) is 0 Å². The van der Waals surface area contributed by atoms with Gasteiger partial charge in [-0.3, -0.25) is 9.59 Å². The first kappa shape index (κ1) is 27.2. The molecule has 0 heterocycles. The lowest BCUT2D eigenvalue weighted by molar-refractivity contribution is 0.0764. The standard InChI is InChI=1S/C31H34O5/c1-4-6-8-10-16-35-21-30(32)23-12-14-25-26-15-13-24(31(33)22-36-17-11-9-7-5-2)19-28(26)29(20-34-3)27(25)18-23/h4-9,12-15,18-19,29H,1-2,10-11,16-17,20-22H2,3H3/b8-6+,9-7+. The highest BCUT2D eigenvalue weighted by atomic mass is 16.5. The quantitative estimate of drug-likeness (QED) is 0.163. The van der Waals surface area contributed by atoms with E-state index in [9.17, 15) is 9.59 Å². The first-order chi connectivity index (χ1) is 17.6. The van der Waals surface area contributed by atoms with E-state index in [0.717, 1.165) is 35.1 Å². The molecule has 1 aliphatic rings. The normalized spacial score (nSPS) is 12.7. The lowest BCUT2D eigenvalue weighted by Gasteiger charge is -2.14. The van der Waals surface area contributed by atoms with E-state index in [1.54, 1.807) is 19.3 Å². The van der Waals surface area contributed by atoms with Crippen molar-refractivity contribution in [2.24, 2.45) is 0 Å². The highest BCUT2D eigenvalue weighted by Gasteiger charge is 2.30. The molecule has 1 aliphatic carbocycles. The van der Waals surface area contributed by atoms with Gasteiger partial charge in [-0.05, 0) is 47.2 Å². The number of carbonyl (C=O) groups excluding carboxylic acids is 2. The average molecular weight is 487 g/mol. The summed E-state index contributed by atoms with van der Waals surface area (Å²) in [6.45, 7) is 8.73. The van der Waals surface area contributed by atoms with Crippen LogP contribution in [0.25, 0.3) is 11.1 Å². The summed E-state index contributed by atoms with van der Waals surface area (Å²) in [7, 11) is 1.66. The van der Waals surface area contributed by atoms with Crippen LogP contribution in [0.1, 0.15) is 50.6 Å². The summed E-state index contributed by atoms with van der Waals surface area (Å²) in [5, 5.41) is 0. The third-order valence-corrected chi connectivity index (χ3v) is 5.99. The zero-order valence-electron chi connectivity index (χ0n) is 20.9. The number of rotatable bonds is 16. The molecule has 0 saturated carbocycles. The third kappa shape index (κ3) is 7.08. The van der Waals surface area contributed by atoms with Crippen LogP contribution >= 0.6 is 0 Å². The Morgan fingerprint density at radius 1 is 0.806 bits per heavy atom. The summed E-state index contributed by atoms with van der Waals surface area (Å²) in [6, 6.07) is 11.5. The fourth-order valence-corrected chi connectivity index (χ4v) is 4.24. The summed E-state index contributed by atoms with van der Waals surface area (Å²) in [4.78, 5) is 25.5. The number of methoxy groups -OCH3 is 1. The molecule has 0 bridgehead atoms. The molecule has 2 aromatic rings. The molecule has 0 aliphatic heterocycles. The molecule has 36 heavy (non-hydrogen) atoms. The van der Waals surface area contributed by atoms with Crippen molar-refractivity contribution in [3.63, 3.8) is 0 Å². The van der Waals surface area contributed by atoms with Gasteiger partial charge in [0.15, 0.2) is 11.6 Å². The summed E-state index contributed by atoms with van der Waals surface area (Å²) in [6.07, 6.45) is 12.5. The molecule has 5 heteroatoms. The maximum Gasteiger partial charge on any atom is 0.188 e. The Morgan fingerprint density at radius 2 is 1.28 bits per heavy atom. The molecule has 0 spiro atoms. The number of allylic oxidation sites excluding steroid dienone is 4. The van der Waals surface area contributed by atoms with Crippen molar-refractivity contribution in [2.45, 2.75) is 18.8 Å². The number of benzene rings is 2. The number of carbonyl (C=O) groups is 2. The van der Waals surface area contributed by atoms with E-state index in [1.165, 1.54) is 0 Å². The lowest BCUT2D eigenvalue weighted by atomic mass is 9.94. The first-order valence-electron chi connectivity index (χ1n) is 12.1. The molecular weight excluding hydrogens is 452 g/mol. The van der Waals surface area contributed by atoms with Gasteiger partial charge in [0.1, 0.15) is 13.2 Å². The predicted octanol–water partition coefficient (Wildman–Crippen LogP) is 6.11. The maximum atomic E-state index is 12.7. The minimum absolute atomic E-state index is 0.0324. The predicted molar refractivity (Wildman–Crippen MR) is 144 cm³/mol. The molecular formula is C31H34O5. The van der Waals surface area contributed by atoms with E-state index in [4.69, 9.17) is 14.2 Å². The molecule has 0 atom stereocenters. The second-order valence-corrected chi connectivity index (χ2v) is 8.47. The van der Waals surface area contributed by atoms with Crippen LogP contribution in [0.3, 0.4) is 0 Å². The number of ether oxygens (including phenoxy) is 3. The topological polar surface area (TPSA) is 61.8 Å². The third-order valence-electron chi connectivity index (χ3n) is 5.99. The molecule has 3 rings (SSSR count). The van der Waals surface area contributed by atoms with E-state index in [1.807, 2.05) is 60.7 Å². The van der Waals surface area contributed by atoms with Crippen LogP contribution in [-0.2, 0) is 14.2 Å². The van der Waals surface area contributed by atoms with Crippen LogP contribution in [-0.4, -0.2) is 51.7 Å². The summed E-state index contributed by atoms with van der Waals surface area (Å²) >= 11 is 0. The molecule has 0 fully saturated rings. The number of hydrogen-bond donors (Lipinski definition) is 0. The Balaban J connectivity index is 1.70. The van der Waals surface area contributed by atoms with Gasteiger partial charge in [-0.2, -0.15) is 0 Å². The van der Waals surface area contributed by atoms with Crippen molar-refractivity contribution >= 4 is 11.6 Å². The SMILES string of the molecule is C=C/C=C/CCOCC(=O)c1ccc2c(c1)C(COC)c1cc(C(=O)COCC/C=C/C=C)ccc1-2. The number of fused-ring (bicyclic) bond motifs is 3. The van der Waals surface area contributed by atoms with Gasteiger partial charge in [0.25, 0.3) is 0 Å². The van der Waals surface area contributed by atoms with Crippen molar-refractivity contribution in [1.29, 1.82) is 0 Å². The summed E-state index contributed by atoms with van der Waals surface area (Å²) in [5.41, 5.74) is 5.40. The van der Waals surface area contributed by atoms with Gasteiger partial charge in [-0.1, -0.05) is 73.9 Å². The van der Waals surface area contributed by atoms with Crippen LogP contribution in [0.5, 0.6) is 0 Å². The maximum absolute atomic E-state index is 12.7. The van der Waals surface area contributed by atoms with Gasteiger partial charge in [-0.15, -0.1) is 0 Å². The minimum Gasteiger partial charge on any atom is -0.384 e. The van der Waals surface area contributed by atoms with E-state index in [0.29, 0.717) is 30.9 Å².